The fourth-order valence-electron chi connectivity index (χ4n) is 3.06. The highest BCUT2D eigenvalue weighted by atomic mass is 16.3. The maximum Gasteiger partial charge on any atom is 0.0445 e. The van der Waals surface area contributed by atoms with Gasteiger partial charge in [-0.2, -0.15) is 0 Å². The van der Waals surface area contributed by atoms with Gasteiger partial charge in [0, 0.05) is 24.7 Å². The topological polar surface area (TPSA) is 58.3 Å². The van der Waals surface area contributed by atoms with Gasteiger partial charge in [0.15, 0.2) is 0 Å². The number of hydrogen-bond donors (Lipinski definition) is 3. The van der Waals surface area contributed by atoms with E-state index in [1.165, 1.54) is 25.7 Å². The highest BCUT2D eigenvalue weighted by molar-refractivity contribution is 4.95. The van der Waals surface area contributed by atoms with E-state index in [4.69, 9.17) is 10.8 Å². The van der Waals surface area contributed by atoms with Crippen LogP contribution in [0.2, 0.25) is 0 Å². The van der Waals surface area contributed by atoms with E-state index in [1.807, 2.05) is 0 Å². The van der Waals surface area contributed by atoms with Crippen LogP contribution in [0.5, 0.6) is 0 Å². The molecule has 0 spiro atoms. The van der Waals surface area contributed by atoms with Crippen LogP contribution in [0.25, 0.3) is 0 Å². The molecule has 0 bridgehead atoms. The molecule has 102 valence electrons. The van der Waals surface area contributed by atoms with Crippen molar-refractivity contribution in [3.05, 3.63) is 0 Å². The fraction of sp³-hybridized carbons (Fsp3) is 1.00. The summed E-state index contributed by atoms with van der Waals surface area (Å²) in [6.45, 7) is 7.75. The van der Waals surface area contributed by atoms with Crippen molar-refractivity contribution in [2.75, 3.05) is 13.2 Å². The summed E-state index contributed by atoms with van der Waals surface area (Å²) in [5.41, 5.74) is 6.10. The molecule has 1 fully saturated rings. The van der Waals surface area contributed by atoms with Crippen molar-refractivity contribution in [2.24, 2.45) is 17.6 Å². The molecule has 4 N–H and O–H groups in total. The molecule has 0 aromatic carbocycles. The van der Waals surface area contributed by atoms with E-state index in [0.29, 0.717) is 12.6 Å². The quantitative estimate of drug-likeness (QED) is 0.666. The monoisotopic (exact) mass is 242 g/mol. The molecule has 0 heterocycles. The third-order valence-corrected chi connectivity index (χ3v) is 4.44. The molecular formula is C14H30N2O. The minimum Gasteiger partial charge on any atom is -0.396 e. The summed E-state index contributed by atoms with van der Waals surface area (Å²) < 4.78 is 0. The second kappa shape index (κ2) is 6.72. The second-order valence-electron chi connectivity index (χ2n) is 6.12. The molecule has 1 atom stereocenters. The first-order valence-electron chi connectivity index (χ1n) is 7.11. The minimum absolute atomic E-state index is 0.125. The van der Waals surface area contributed by atoms with E-state index in [1.54, 1.807) is 0 Å². The maximum absolute atomic E-state index is 8.97. The van der Waals surface area contributed by atoms with Crippen molar-refractivity contribution in [3.63, 3.8) is 0 Å². The lowest BCUT2D eigenvalue weighted by molar-refractivity contribution is 0.147. The van der Waals surface area contributed by atoms with Gasteiger partial charge in [0.2, 0.25) is 0 Å². The Hall–Kier alpha value is -0.120. The van der Waals surface area contributed by atoms with Gasteiger partial charge in [0.05, 0.1) is 0 Å². The van der Waals surface area contributed by atoms with Gasteiger partial charge in [-0.3, -0.25) is 0 Å². The molecule has 17 heavy (non-hydrogen) atoms. The second-order valence-corrected chi connectivity index (χ2v) is 6.12. The first-order valence-corrected chi connectivity index (χ1v) is 7.11. The van der Waals surface area contributed by atoms with Crippen LogP contribution in [-0.4, -0.2) is 29.8 Å². The van der Waals surface area contributed by atoms with Crippen molar-refractivity contribution in [3.8, 4) is 0 Å². The van der Waals surface area contributed by atoms with Crippen LogP contribution in [0.4, 0.5) is 0 Å². The molecule has 0 aromatic heterocycles. The Morgan fingerprint density at radius 1 is 1.29 bits per heavy atom. The molecule has 1 saturated carbocycles. The van der Waals surface area contributed by atoms with Gasteiger partial charge in [-0.1, -0.05) is 13.8 Å². The highest BCUT2D eigenvalue weighted by Crippen LogP contribution is 2.35. The Morgan fingerprint density at radius 3 is 2.29 bits per heavy atom. The largest absolute Gasteiger partial charge is 0.396 e. The molecule has 0 aromatic rings. The number of hydrogen-bond acceptors (Lipinski definition) is 3. The molecule has 0 radical (unpaired) electrons. The number of aliphatic hydroxyl groups is 1. The SMILES string of the molecule is CC(CCO)NC1(CN)CCC(C(C)C)CC1. The van der Waals surface area contributed by atoms with Crippen LogP contribution in [0.1, 0.15) is 52.9 Å². The summed E-state index contributed by atoms with van der Waals surface area (Å²) in [6, 6.07) is 0.360. The molecule has 1 aliphatic carbocycles. The standard InChI is InChI=1S/C14H30N2O/c1-11(2)13-4-7-14(10-15,8-5-13)16-12(3)6-9-17/h11-13,16-17H,4-10,15H2,1-3H3. The van der Waals surface area contributed by atoms with Crippen LogP contribution in [0.3, 0.4) is 0 Å². The molecule has 3 heteroatoms. The van der Waals surface area contributed by atoms with E-state index >= 15 is 0 Å². The average molecular weight is 242 g/mol. The zero-order valence-electron chi connectivity index (χ0n) is 11.7. The predicted molar refractivity (Wildman–Crippen MR) is 72.9 cm³/mol. The van der Waals surface area contributed by atoms with Crippen LogP contribution in [0.15, 0.2) is 0 Å². The normalized spacial score (nSPS) is 31.8. The first-order chi connectivity index (χ1) is 8.03. The molecule has 0 saturated heterocycles. The van der Waals surface area contributed by atoms with Gasteiger partial charge in [-0.15, -0.1) is 0 Å². The Labute approximate surface area is 106 Å². The lowest BCUT2D eigenvalue weighted by Crippen LogP contribution is -2.56. The van der Waals surface area contributed by atoms with Gasteiger partial charge in [0.25, 0.3) is 0 Å². The summed E-state index contributed by atoms with van der Waals surface area (Å²) in [6.07, 6.45) is 5.75. The summed E-state index contributed by atoms with van der Waals surface area (Å²) >= 11 is 0. The van der Waals surface area contributed by atoms with E-state index in [0.717, 1.165) is 18.3 Å². The van der Waals surface area contributed by atoms with Crippen LogP contribution in [0, 0.1) is 11.8 Å². The average Bonchev–Trinajstić information content (AvgIpc) is 2.30. The summed E-state index contributed by atoms with van der Waals surface area (Å²) in [5, 5.41) is 12.6. The number of rotatable bonds is 6. The molecule has 1 aliphatic rings. The Morgan fingerprint density at radius 2 is 1.88 bits per heavy atom. The van der Waals surface area contributed by atoms with Gasteiger partial charge in [-0.05, 0) is 50.9 Å². The minimum atomic E-state index is 0.125. The van der Waals surface area contributed by atoms with Crippen molar-refractivity contribution in [1.29, 1.82) is 0 Å². The molecule has 1 rings (SSSR count). The van der Waals surface area contributed by atoms with Gasteiger partial charge < -0.3 is 16.2 Å². The number of nitrogens with two attached hydrogens (primary N) is 1. The van der Waals surface area contributed by atoms with Crippen LogP contribution < -0.4 is 11.1 Å². The zero-order chi connectivity index (χ0) is 12.9. The van der Waals surface area contributed by atoms with Crippen LogP contribution >= 0.6 is 0 Å². The third kappa shape index (κ3) is 4.23. The van der Waals surface area contributed by atoms with Gasteiger partial charge >= 0.3 is 0 Å². The third-order valence-electron chi connectivity index (χ3n) is 4.44. The Balaban J connectivity index is 2.49. The van der Waals surface area contributed by atoms with E-state index in [-0.39, 0.29) is 12.1 Å². The van der Waals surface area contributed by atoms with Gasteiger partial charge in [-0.25, -0.2) is 0 Å². The predicted octanol–water partition coefficient (Wildman–Crippen LogP) is 1.89. The zero-order valence-corrected chi connectivity index (χ0v) is 11.7. The van der Waals surface area contributed by atoms with Crippen molar-refractivity contribution < 1.29 is 5.11 Å². The van der Waals surface area contributed by atoms with Gasteiger partial charge in [0.1, 0.15) is 0 Å². The van der Waals surface area contributed by atoms with E-state index < -0.39 is 0 Å². The lowest BCUT2D eigenvalue weighted by atomic mass is 9.72. The Kier molecular flexibility index (Phi) is 5.90. The lowest BCUT2D eigenvalue weighted by Gasteiger charge is -2.43. The van der Waals surface area contributed by atoms with Crippen molar-refractivity contribution in [2.45, 2.75) is 64.5 Å². The Bertz CT molecular complexity index is 210. The van der Waals surface area contributed by atoms with E-state index in [9.17, 15) is 0 Å². The molecule has 0 amide bonds. The summed E-state index contributed by atoms with van der Waals surface area (Å²) in [5.74, 6) is 1.66. The smallest absolute Gasteiger partial charge is 0.0445 e. The number of aliphatic hydroxyl groups excluding tert-OH is 1. The highest BCUT2D eigenvalue weighted by Gasteiger charge is 2.35. The first kappa shape index (κ1) is 14.9. The fourth-order valence-corrected chi connectivity index (χ4v) is 3.06. The molecule has 0 aliphatic heterocycles. The summed E-state index contributed by atoms with van der Waals surface area (Å²) in [7, 11) is 0. The van der Waals surface area contributed by atoms with E-state index in [2.05, 4.69) is 26.1 Å². The van der Waals surface area contributed by atoms with Crippen molar-refractivity contribution >= 4 is 0 Å². The molecule has 1 unspecified atom stereocenters. The molecule has 3 nitrogen and oxygen atoms in total. The molecular weight excluding hydrogens is 212 g/mol. The van der Waals surface area contributed by atoms with Crippen molar-refractivity contribution in [1.82, 2.24) is 5.32 Å². The maximum atomic E-state index is 8.97. The summed E-state index contributed by atoms with van der Waals surface area (Å²) in [4.78, 5) is 0. The number of nitrogens with one attached hydrogen (secondary N) is 1. The van der Waals surface area contributed by atoms with Crippen LogP contribution in [-0.2, 0) is 0 Å².